The van der Waals surface area contributed by atoms with Crippen LogP contribution < -0.4 is 0 Å². The Morgan fingerprint density at radius 1 is 1.82 bits per heavy atom. The number of hydrogen-bond donors (Lipinski definition) is 0. The summed E-state index contributed by atoms with van der Waals surface area (Å²) >= 11 is 0. The Morgan fingerprint density at radius 3 is 3.09 bits per heavy atom. The van der Waals surface area contributed by atoms with Gasteiger partial charge in [-0.15, -0.1) is 0 Å². The van der Waals surface area contributed by atoms with Gasteiger partial charge in [0.1, 0.15) is 5.83 Å². The molecule has 0 aliphatic heterocycles. The second-order valence-electron chi connectivity index (χ2n) is 3.02. The number of nitriles is 1. The van der Waals surface area contributed by atoms with Gasteiger partial charge in [-0.05, 0) is 18.8 Å². The fourth-order valence-electron chi connectivity index (χ4n) is 1.41. The zero-order valence-corrected chi connectivity index (χ0v) is 6.68. The molecule has 0 spiro atoms. The van der Waals surface area contributed by atoms with Gasteiger partial charge in [0.15, 0.2) is 0 Å². The van der Waals surface area contributed by atoms with Crippen LogP contribution in [0.25, 0.3) is 0 Å². The highest BCUT2D eigenvalue weighted by atomic mass is 19.1. The van der Waals surface area contributed by atoms with Crippen molar-refractivity contribution in [3.63, 3.8) is 0 Å². The Morgan fingerprint density at radius 2 is 2.55 bits per heavy atom. The summed E-state index contributed by atoms with van der Waals surface area (Å²) in [5, 5.41) is 8.54. The van der Waals surface area contributed by atoms with Gasteiger partial charge >= 0.3 is 0 Å². The van der Waals surface area contributed by atoms with Gasteiger partial charge in [0, 0.05) is 0 Å². The number of allylic oxidation sites excluding steroid dienone is 2. The van der Waals surface area contributed by atoms with Crippen LogP contribution in [0.2, 0.25) is 0 Å². The third kappa shape index (κ3) is 1.80. The van der Waals surface area contributed by atoms with E-state index in [1.54, 1.807) is 6.08 Å². The smallest absolute Gasteiger partial charge is 0.113 e. The van der Waals surface area contributed by atoms with Crippen LogP contribution in [0.5, 0.6) is 0 Å². The minimum Gasteiger partial charge on any atom is -0.211 e. The zero-order valence-electron chi connectivity index (χ0n) is 6.68. The van der Waals surface area contributed by atoms with Crippen molar-refractivity contribution in [3.05, 3.63) is 11.9 Å². The van der Waals surface area contributed by atoms with Crippen LogP contribution in [0, 0.1) is 23.2 Å². The maximum atomic E-state index is 12.8. The van der Waals surface area contributed by atoms with Crippen LogP contribution in [0.15, 0.2) is 11.9 Å². The molecule has 0 heterocycles. The van der Waals surface area contributed by atoms with Gasteiger partial charge < -0.3 is 0 Å². The van der Waals surface area contributed by atoms with Gasteiger partial charge in [-0.2, -0.15) is 5.26 Å². The van der Waals surface area contributed by atoms with Crippen LogP contribution >= 0.6 is 0 Å². The molecule has 0 aromatic rings. The van der Waals surface area contributed by atoms with Gasteiger partial charge in [-0.25, -0.2) is 4.39 Å². The highest BCUT2D eigenvalue weighted by molar-refractivity contribution is 5.11. The molecular formula is C9H12FN. The van der Waals surface area contributed by atoms with Crippen LogP contribution in [0.1, 0.15) is 26.2 Å². The number of halogens is 1. The van der Waals surface area contributed by atoms with Crippen LogP contribution in [-0.4, -0.2) is 0 Å². The lowest BCUT2D eigenvalue weighted by molar-refractivity contribution is 0.367. The fourth-order valence-corrected chi connectivity index (χ4v) is 1.41. The Bertz CT molecular complexity index is 202. The average molecular weight is 153 g/mol. The molecule has 60 valence electrons. The van der Waals surface area contributed by atoms with Gasteiger partial charge in [-0.3, -0.25) is 0 Å². The van der Waals surface area contributed by atoms with Crippen molar-refractivity contribution in [2.24, 2.45) is 11.8 Å². The van der Waals surface area contributed by atoms with E-state index in [1.165, 1.54) is 0 Å². The summed E-state index contributed by atoms with van der Waals surface area (Å²) in [5.74, 6) is -0.176. The third-order valence-electron chi connectivity index (χ3n) is 2.28. The molecule has 0 N–H and O–H groups in total. The summed E-state index contributed by atoms with van der Waals surface area (Å²) < 4.78 is 12.8. The van der Waals surface area contributed by atoms with E-state index in [9.17, 15) is 4.39 Å². The highest BCUT2D eigenvalue weighted by Crippen LogP contribution is 2.30. The Balaban J connectivity index is 2.62. The number of rotatable bonds is 1. The maximum absolute atomic E-state index is 12.8. The largest absolute Gasteiger partial charge is 0.211 e. The molecule has 0 saturated carbocycles. The molecule has 0 bridgehead atoms. The molecule has 2 heteroatoms. The predicted octanol–water partition coefficient (Wildman–Crippen LogP) is 2.80. The second kappa shape index (κ2) is 3.52. The van der Waals surface area contributed by atoms with E-state index in [-0.39, 0.29) is 5.83 Å². The second-order valence-corrected chi connectivity index (χ2v) is 3.02. The first kappa shape index (κ1) is 8.26. The lowest BCUT2D eigenvalue weighted by Crippen LogP contribution is -2.12. The van der Waals surface area contributed by atoms with Crippen LogP contribution in [0.3, 0.4) is 0 Å². The van der Waals surface area contributed by atoms with E-state index >= 15 is 0 Å². The Hall–Kier alpha value is -0.840. The Labute approximate surface area is 66.5 Å². The minimum absolute atomic E-state index is 0.225. The van der Waals surface area contributed by atoms with Crippen molar-refractivity contribution in [1.82, 2.24) is 0 Å². The topological polar surface area (TPSA) is 23.8 Å². The first-order chi connectivity index (χ1) is 5.27. The van der Waals surface area contributed by atoms with E-state index in [0.717, 1.165) is 12.8 Å². The fraction of sp³-hybridized carbons (Fsp3) is 0.667. The molecule has 11 heavy (non-hydrogen) atoms. The van der Waals surface area contributed by atoms with Crippen LogP contribution in [0.4, 0.5) is 4.39 Å². The van der Waals surface area contributed by atoms with E-state index < -0.39 is 5.92 Å². The molecule has 1 aliphatic rings. The molecule has 0 aromatic carbocycles. The van der Waals surface area contributed by atoms with Crippen molar-refractivity contribution >= 4 is 0 Å². The molecule has 0 aromatic heterocycles. The molecule has 1 nitrogen and oxygen atoms in total. The molecule has 2 atom stereocenters. The normalized spacial score (nSPS) is 30.8. The van der Waals surface area contributed by atoms with Crippen molar-refractivity contribution in [3.8, 4) is 6.07 Å². The monoisotopic (exact) mass is 153 g/mol. The number of nitrogens with zero attached hydrogens (tertiary/aromatic N) is 1. The van der Waals surface area contributed by atoms with Crippen molar-refractivity contribution in [2.75, 3.05) is 0 Å². The number of hydrogen-bond acceptors (Lipinski definition) is 1. The quantitative estimate of drug-likeness (QED) is 0.568. The zero-order chi connectivity index (χ0) is 8.27. The van der Waals surface area contributed by atoms with Gasteiger partial charge in [0.2, 0.25) is 0 Å². The molecule has 1 rings (SSSR count). The van der Waals surface area contributed by atoms with Crippen molar-refractivity contribution in [2.45, 2.75) is 26.2 Å². The lowest BCUT2D eigenvalue weighted by atomic mass is 9.85. The minimum atomic E-state index is -0.464. The Kier molecular flexibility index (Phi) is 2.64. The van der Waals surface area contributed by atoms with Crippen molar-refractivity contribution in [1.29, 1.82) is 5.26 Å². The summed E-state index contributed by atoms with van der Waals surface area (Å²) in [4.78, 5) is 0. The molecule has 1 aliphatic carbocycles. The predicted molar refractivity (Wildman–Crippen MR) is 41.3 cm³/mol. The van der Waals surface area contributed by atoms with Crippen molar-refractivity contribution < 1.29 is 4.39 Å². The lowest BCUT2D eigenvalue weighted by Gasteiger charge is -2.20. The van der Waals surface area contributed by atoms with E-state index in [4.69, 9.17) is 5.26 Å². The summed E-state index contributed by atoms with van der Waals surface area (Å²) in [5.41, 5.74) is 0. The molecule has 0 saturated heterocycles. The van der Waals surface area contributed by atoms with E-state index in [0.29, 0.717) is 12.3 Å². The summed E-state index contributed by atoms with van der Waals surface area (Å²) in [6, 6.07) is 1.97. The SMILES string of the molecule is CCC1CC=C(F)C(C#N)C1. The van der Waals surface area contributed by atoms with Gasteiger partial charge in [0.25, 0.3) is 0 Å². The molecule has 0 fully saturated rings. The van der Waals surface area contributed by atoms with Gasteiger partial charge in [-0.1, -0.05) is 19.4 Å². The summed E-state index contributed by atoms with van der Waals surface area (Å²) in [7, 11) is 0. The molecular weight excluding hydrogens is 141 g/mol. The average Bonchev–Trinajstić information content (AvgIpc) is 2.05. The highest BCUT2D eigenvalue weighted by Gasteiger charge is 2.22. The molecule has 0 radical (unpaired) electrons. The summed E-state index contributed by atoms with van der Waals surface area (Å²) in [6.07, 6.45) is 4.11. The maximum Gasteiger partial charge on any atom is 0.113 e. The first-order valence-electron chi connectivity index (χ1n) is 4.03. The molecule has 2 unspecified atom stereocenters. The van der Waals surface area contributed by atoms with Gasteiger partial charge in [0.05, 0.1) is 12.0 Å². The first-order valence-corrected chi connectivity index (χ1v) is 4.03. The molecule has 0 amide bonds. The standard InChI is InChI=1S/C9H12FN/c1-2-7-3-4-9(10)8(5-7)6-11/h4,7-8H,2-3,5H2,1H3. The van der Waals surface area contributed by atoms with Crippen LogP contribution in [-0.2, 0) is 0 Å². The summed E-state index contributed by atoms with van der Waals surface area (Å²) in [6.45, 7) is 2.08. The van der Waals surface area contributed by atoms with E-state index in [1.807, 2.05) is 6.07 Å². The van der Waals surface area contributed by atoms with E-state index in [2.05, 4.69) is 6.92 Å². The third-order valence-corrected chi connectivity index (χ3v) is 2.28.